The maximum atomic E-state index is 14.2. The molecule has 0 aliphatic heterocycles. The van der Waals surface area contributed by atoms with E-state index in [-0.39, 0.29) is 40.6 Å². The molecule has 0 unspecified atom stereocenters. The minimum Gasteiger partial charge on any atom is -0.199 e. The number of nitrogens with zero attached hydrogens (tertiary/aromatic N) is 1. The van der Waals surface area contributed by atoms with Crippen LogP contribution in [0.3, 0.4) is 0 Å². The first-order valence-corrected chi connectivity index (χ1v) is 28.4. The Morgan fingerprint density at radius 1 is 0.352 bits per heavy atom. The van der Waals surface area contributed by atoms with Crippen molar-refractivity contribution < 1.29 is 128 Å². The van der Waals surface area contributed by atoms with Gasteiger partial charge < -0.3 is 0 Å². The molecule has 504 valence electrons. The number of nitriles is 1. The van der Waals surface area contributed by atoms with Crippen LogP contribution in [0.15, 0.2) is 109 Å². The number of hydrogen-bond acceptors (Lipinski definition) is 1. The van der Waals surface area contributed by atoms with Crippen LogP contribution < -0.4 is 27.2 Å². The predicted molar refractivity (Wildman–Crippen MR) is 302 cm³/mol. The van der Waals surface area contributed by atoms with E-state index in [4.69, 9.17) is 5.26 Å². The molecular formula is C63H60AuBF24NP. The van der Waals surface area contributed by atoms with Crippen molar-refractivity contribution >= 4 is 41.2 Å². The molecule has 6 rings (SSSR count). The monoisotopic (exact) mass is 1530 g/mol. The molecule has 0 amide bonds. The molecule has 28 heteroatoms. The molecule has 0 N–H and O–H groups in total. The molecule has 0 aromatic heterocycles. The third-order valence-electron chi connectivity index (χ3n) is 14.3. The largest absolute Gasteiger partial charge is 1.00 e. The average Bonchev–Trinajstić information content (AvgIpc) is 0.712. The van der Waals surface area contributed by atoms with Gasteiger partial charge in [-0.25, -0.2) is 0 Å². The molecule has 0 fully saturated rings. The summed E-state index contributed by atoms with van der Waals surface area (Å²) in [5.74, 6) is 1.55. The second-order valence-electron chi connectivity index (χ2n) is 24.2. The Morgan fingerprint density at radius 3 is 0.736 bits per heavy atom. The summed E-state index contributed by atoms with van der Waals surface area (Å²) < 4.78 is 341. The number of hydrogen-bond donors (Lipinski definition) is 0. The van der Waals surface area contributed by atoms with Crippen molar-refractivity contribution in [1.82, 2.24) is 0 Å². The van der Waals surface area contributed by atoms with Gasteiger partial charge in [-0.3, -0.25) is 0 Å². The van der Waals surface area contributed by atoms with Crippen LogP contribution in [0.5, 0.6) is 0 Å². The molecule has 0 saturated carbocycles. The third-order valence-corrected chi connectivity index (χ3v) is 17.9. The zero-order valence-electron chi connectivity index (χ0n) is 50.5. The van der Waals surface area contributed by atoms with Crippen LogP contribution >= 0.6 is 7.92 Å². The molecule has 0 spiro atoms. The van der Waals surface area contributed by atoms with E-state index >= 15 is 0 Å². The minimum atomic E-state index is -6.13. The number of rotatable bonds is 9. The summed E-state index contributed by atoms with van der Waals surface area (Å²) in [6.45, 7) is 30.0. The fourth-order valence-corrected chi connectivity index (χ4v) is 15.1. The first-order valence-electron chi connectivity index (χ1n) is 27.1. The van der Waals surface area contributed by atoms with Crippen molar-refractivity contribution in [1.29, 1.82) is 5.26 Å². The first kappa shape index (κ1) is 79.6. The van der Waals surface area contributed by atoms with Crippen LogP contribution in [0.1, 0.15) is 169 Å². The predicted octanol–water partition coefficient (Wildman–Crippen LogP) is 21.2. The Bertz CT molecular complexity index is 3060. The maximum absolute atomic E-state index is 14.2. The molecule has 0 bridgehead atoms. The van der Waals surface area contributed by atoms with E-state index in [9.17, 15) is 105 Å². The van der Waals surface area contributed by atoms with Gasteiger partial charge in [0.15, 0.2) is 0 Å². The quantitative estimate of drug-likeness (QED) is 0.0804. The molecular weight excluding hydrogens is 1470 g/mol. The molecule has 0 heterocycles. The molecule has 0 atom stereocenters. The van der Waals surface area contributed by atoms with E-state index in [1.807, 2.05) is 0 Å². The van der Waals surface area contributed by atoms with Crippen LogP contribution in [0.2, 0.25) is 0 Å². The fraction of sp³-hybridized carbons (Fsp3) is 0.413. The minimum absolute atomic E-state index is 0. The summed E-state index contributed by atoms with van der Waals surface area (Å²) in [4.78, 5) is 0. The van der Waals surface area contributed by atoms with Crippen LogP contribution in [-0.4, -0.2) is 16.5 Å². The van der Waals surface area contributed by atoms with Gasteiger partial charge in [-0.05, 0) is 85.5 Å². The first-order chi connectivity index (χ1) is 40.3. The van der Waals surface area contributed by atoms with Crippen molar-refractivity contribution in [2.24, 2.45) is 0 Å². The summed E-state index contributed by atoms with van der Waals surface area (Å²) in [7, 11) is -0.366. The van der Waals surface area contributed by atoms with E-state index < -0.39 is 195 Å². The van der Waals surface area contributed by atoms with Gasteiger partial charge in [-0.1, -0.05) is 176 Å². The standard InChI is InChI=1S/C32H12BF24.C29H45P.C2H3N.Au/c34-25(35,36)13-1-14(26(37,38)39)6-21(5-13)33(22-7-15(27(40,41)42)2-16(8-22)28(43,44)45,23-9-17(29(46,47)48)3-18(10-23)30(49,50)51)24-11-19(31(52,53)54)4-20(12-24)32(55,56)57;1-19(2)22-17-24(20(3)4)27(25(18-22)21(5)6)23-15-13-14-16-26(23)30(28(7,8)9)29(10,11)12;1-2-3;/h1-12H;13-21H,1-12H3;1H3;/q-1;;;+1. The summed E-state index contributed by atoms with van der Waals surface area (Å²) in [6.07, 6.45) is -54.8. The Labute approximate surface area is 527 Å². The van der Waals surface area contributed by atoms with Gasteiger partial charge >= 0.3 is 71.8 Å². The van der Waals surface area contributed by atoms with Gasteiger partial charge in [-0.15, -0.1) is 0 Å². The Balaban J connectivity index is 0.000000534. The number of benzene rings is 6. The van der Waals surface area contributed by atoms with E-state index in [1.54, 1.807) is 11.4 Å². The van der Waals surface area contributed by atoms with Crippen LogP contribution in [-0.2, 0) is 71.8 Å². The fourth-order valence-electron chi connectivity index (χ4n) is 10.9. The molecule has 0 saturated heterocycles. The van der Waals surface area contributed by atoms with Crippen molar-refractivity contribution in [3.63, 3.8) is 0 Å². The molecule has 0 radical (unpaired) electrons. The van der Waals surface area contributed by atoms with Crippen LogP contribution in [0.25, 0.3) is 11.1 Å². The van der Waals surface area contributed by atoms with Crippen LogP contribution in [0.4, 0.5) is 105 Å². The van der Waals surface area contributed by atoms with Crippen molar-refractivity contribution in [2.75, 3.05) is 0 Å². The molecule has 6 aromatic carbocycles. The van der Waals surface area contributed by atoms with Gasteiger partial charge in [-0.2, -0.15) is 132 Å². The van der Waals surface area contributed by atoms with Crippen molar-refractivity contribution in [3.05, 3.63) is 170 Å². The van der Waals surface area contributed by atoms with E-state index in [1.165, 1.54) is 34.7 Å². The number of alkyl halides is 24. The van der Waals surface area contributed by atoms with Crippen molar-refractivity contribution in [2.45, 2.75) is 167 Å². The summed E-state index contributed by atoms with van der Waals surface area (Å²) >= 11 is 0. The number of halogens is 24. The Hall–Kier alpha value is -5.63. The van der Waals surface area contributed by atoms with Gasteiger partial charge in [0, 0.05) is 6.92 Å². The maximum Gasteiger partial charge on any atom is 1.00 e. The summed E-state index contributed by atoms with van der Waals surface area (Å²) in [6, 6.07) is 7.22. The topological polar surface area (TPSA) is 23.8 Å². The van der Waals surface area contributed by atoms with E-state index in [2.05, 4.69) is 119 Å². The van der Waals surface area contributed by atoms with Gasteiger partial charge in [0.1, 0.15) is 6.15 Å². The van der Waals surface area contributed by atoms with Gasteiger partial charge in [0.2, 0.25) is 0 Å². The van der Waals surface area contributed by atoms with Crippen molar-refractivity contribution in [3.8, 4) is 17.2 Å². The second kappa shape index (κ2) is 27.7. The zero-order chi connectivity index (χ0) is 69.6. The molecule has 1 nitrogen and oxygen atoms in total. The van der Waals surface area contributed by atoms with E-state index in [0.29, 0.717) is 17.8 Å². The van der Waals surface area contributed by atoms with Gasteiger partial charge in [0.05, 0.1) is 50.6 Å². The summed E-state index contributed by atoms with van der Waals surface area (Å²) in [5.41, 5.74) is -22.7. The van der Waals surface area contributed by atoms with Crippen LogP contribution in [0, 0.1) is 11.3 Å². The molecule has 91 heavy (non-hydrogen) atoms. The third kappa shape index (κ3) is 19.0. The second-order valence-corrected chi connectivity index (χ2v) is 28.0. The Kier molecular flexibility index (Phi) is 24.3. The average molecular weight is 1530 g/mol. The molecule has 0 aliphatic carbocycles. The molecule has 0 aliphatic rings. The summed E-state index contributed by atoms with van der Waals surface area (Å²) in [5, 5.41) is 9.38. The smallest absolute Gasteiger partial charge is 0.199 e. The zero-order valence-corrected chi connectivity index (χ0v) is 53.5. The SMILES string of the molecule is CC#N.CC(C)c1cc(C(C)C)c(-c2ccccc2P(C(C)(C)C)C(C)(C)C)c(C(C)C)c1.FC(F)(F)c1cc([B-](c2cc(C(F)(F)F)cc(C(F)(F)F)c2)(c2cc(C(F)(F)F)cc(C(F)(F)F)c2)c2cc(C(F)(F)F)cc(C(F)(F)F)c2)cc(C(F)(F)F)c1.[Au+]. The normalized spacial score (nSPS) is 13.4. The van der Waals surface area contributed by atoms with Gasteiger partial charge in [0.25, 0.3) is 0 Å². The Morgan fingerprint density at radius 2 is 0.560 bits per heavy atom. The molecule has 6 aromatic rings. The van der Waals surface area contributed by atoms with E-state index in [0.717, 1.165) is 0 Å².